The number of rotatable bonds is 1. The molecule has 0 N–H and O–H groups in total. The number of likely N-dealkylation sites (N-methyl/N-ethyl adjacent to an activating group) is 1. The normalized spacial score (nSPS) is 20.8. The first kappa shape index (κ1) is 11.9. The lowest BCUT2D eigenvalue weighted by Crippen LogP contribution is -2.53. The minimum atomic E-state index is -0.322. The Morgan fingerprint density at radius 1 is 1.33 bits per heavy atom. The van der Waals surface area contributed by atoms with Crippen molar-refractivity contribution in [1.82, 2.24) is 9.71 Å². The maximum Gasteiger partial charge on any atom is 0.264 e. The first-order valence-corrected chi connectivity index (χ1v) is 5.09. The van der Waals surface area contributed by atoms with Gasteiger partial charge in [-0.3, -0.25) is 14.5 Å². The van der Waals surface area contributed by atoms with Crippen molar-refractivity contribution in [2.75, 3.05) is 7.05 Å². The predicted molar refractivity (Wildman–Crippen MR) is 63.7 cm³/mol. The van der Waals surface area contributed by atoms with Gasteiger partial charge in [0, 0.05) is 7.05 Å². The van der Waals surface area contributed by atoms with E-state index in [2.05, 4.69) is 0 Å². The molecular formula is C9H13BN2O2S. The van der Waals surface area contributed by atoms with E-state index in [9.17, 15) is 9.59 Å². The van der Waals surface area contributed by atoms with Crippen LogP contribution in [0.15, 0.2) is 11.6 Å². The third kappa shape index (κ3) is 2.09. The molecule has 0 bridgehead atoms. The molecule has 0 aromatic carbocycles. The Labute approximate surface area is 95.3 Å². The molecule has 0 aromatic rings. The van der Waals surface area contributed by atoms with E-state index in [1.807, 2.05) is 13.8 Å². The van der Waals surface area contributed by atoms with Crippen molar-refractivity contribution in [3.05, 3.63) is 11.6 Å². The van der Waals surface area contributed by atoms with Crippen molar-refractivity contribution in [2.45, 2.75) is 13.8 Å². The van der Waals surface area contributed by atoms with Gasteiger partial charge in [-0.2, -0.15) is 0 Å². The fraction of sp³-hybridized carbons (Fsp3) is 0.444. The van der Waals surface area contributed by atoms with Gasteiger partial charge < -0.3 is 4.81 Å². The quantitative estimate of drug-likeness (QED) is 0.266. The van der Waals surface area contributed by atoms with Crippen LogP contribution >= 0.6 is 12.2 Å². The fourth-order valence-corrected chi connectivity index (χ4v) is 1.49. The summed E-state index contributed by atoms with van der Waals surface area (Å²) in [5, 5.41) is 0.242. The molecule has 0 saturated carbocycles. The van der Waals surface area contributed by atoms with Crippen molar-refractivity contribution in [1.29, 1.82) is 0 Å². The first-order valence-electron chi connectivity index (χ1n) is 4.68. The van der Waals surface area contributed by atoms with Crippen molar-refractivity contribution in [3.8, 4) is 0 Å². The summed E-state index contributed by atoms with van der Waals surface area (Å²) < 4.78 is 0. The van der Waals surface area contributed by atoms with Gasteiger partial charge >= 0.3 is 0 Å². The number of allylic oxidation sites excluding steroid dienone is 1. The zero-order chi connectivity index (χ0) is 11.7. The standard InChI is InChI=1S/C9H13BN2O2S/c1-5(2)4-6-7(13)11(3)9(15)12(10)8(6)14/h4-5H,10H2,1-3H3/b6-4+. The Morgan fingerprint density at radius 2 is 1.87 bits per heavy atom. The van der Waals surface area contributed by atoms with E-state index < -0.39 is 0 Å². The molecule has 6 heteroatoms. The van der Waals surface area contributed by atoms with E-state index in [1.54, 1.807) is 21.1 Å². The summed E-state index contributed by atoms with van der Waals surface area (Å²) in [5.74, 6) is -0.491. The van der Waals surface area contributed by atoms with Crippen molar-refractivity contribution >= 4 is 37.1 Å². The average molecular weight is 224 g/mol. The molecule has 2 amide bonds. The highest BCUT2D eigenvalue weighted by molar-refractivity contribution is 7.80. The minimum Gasteiger partial charge on any atom is -0.338 e. The van der Waals surface area contributed by atoms with Crippen molar-refractivity contribution in [2.24, 2.45) is 5.92 Å². The molecule has 1 fully saturated rings. The monoisotopic (exact) mass is 224 g/mol. The summed E-state index contributed by atoms with van der Waals surface area (Å²) >= 11 is 4.95. The molecule has 1 aliphatic heterocycles. The van der Waals surface area contributed by atoms with Gasteiger partial charge in [-0.1, -0.05) is 19.9 Å². The second kappa shape index (κ2) is 4.14. The van der Waals surface area contributed by atoms with E-state index in [0.29, 0.717) is 0 Å². The van der Waals surface area contributed by atoms with Crippen molar-refractivity contribution < 1.29 is 9.59 Å². The molecule has 4 nitrogen and oxygen atoms in total. The van der Waals surface area contributed by atoms with Crippen LogP contribution in [0.4, 0.5) is 0 Å². The molecule has 1 heterocycles. The SMILES string of the molecule is BN1C(=O)/C(=C/C(C)C)C(=O)N(C)C1=S. The van der Waals surface area contributed by atoms with E-state index in [0.717, 1.165) is 0 Å². The van der Waals surface area contributed by atoms with Gasteiger partial charge in [-0.05, 0) is 18.1 Å². The highest BCUT2D eigenvalue weighted by Gasteiger charge is 2.34. The number of hydrogen-bond donors (Lipinski definition) is 0. The Hall–Kier alpha value is -1.17. The molecular weight excluding hydrogens is 211 g/mol. The smallest absolute Gasteiger partial charge is 0.264 e. The fourth-order valence-electron chi connectivity index (χ4n) is 1.33. The molecule has 0 aliphatic carbocycles. The zero-order valence-electron chi connectivity index (χ0n) is 9.27. The molecule has 0 atom stereocenters. The van der Waals surface area contributed by atoms with Gasteiger partial charge in [-0.15, -0.1) is 0 Å². The van der Waals surface area contributed by atoms with Crippen molar-refractivity contribution in [3.63, 3.8) is 0 Å². The highest BCUT2D eigenvalue weighted by atomic mass is 32.1. The van der Waals surface area contributed by atoms with Gasteiger partial charge in [0.05, 0.1) is 0 Å². The lowest BCUT2D eigenvalue weighted by atomic mass is 10.0. The van der Waals surface area contributed by atoms with Gasteiger partial charge in [0.25, 0.3) is 11.8 Å². The van der Waals surface area contributed by atoms with Crippen LogP contribution in [0.2, 0.25) is 0 Å². The van der Waals surface area contributed by atoms with Crippen LogP contribution in [0.1, 0.15) is 13.8 Å². The average Bonchev–Trinajstić information content (AvgIpc) is 2.18. The predicted octanol–water partition coefficient (Wildman–Crippen LogP) is -0.298. The summed E-state index contributed by atoms with van der Waals surface area (Å²) in [6.45, 7) is 3.83. The molecule has 0 radical (unpaired) electrons. The van der Waals surface area contributed by atoms with E-state index in [-0.39, 0.29) is 28.4 Å². The van der Waals surface area contributed by atoms with E-state index in [1.165, 1.54) is 9.71 Å². The second-order valence-electron chi connectivity index (χ2n) is 3.84. The van der Waals surface area contributed by atoms with Crippen LogP contribution in [-0.2, 0) is 9.59 Å². The van der Waals surface area contributed by atoms with E-state index in [4.69, 9.17) is 12.2 Å². The molecule has 1 saturated heterocycles. The molecule has 1 rings (SSSR count). The van der Waals surface area contributed by atoms with Crippen LogP contribution < -0.4 is 0 Å². The molecule has 0 unspecified atom stereocenters. The Kier molecular flexibility index (Phi) is 3.29. The summed E-state index contributed by atoms with van der Waals surface area (Å²) in [4.78, 5) is 26.1. The topological polar surface area (TPSA) is 40.6 Å². The lowest BCUT2D eigenvalue weighted by molar-refractivity contribution is -0.130. The minimum absolute atomic E-state index is 0.154. The summed E-state index contributed by atoms with van der Waals surface area (Å²) in [7, 11) is 3.14. The van der Waals surface area contributed by atoms with Gasteiger partial charge in [0.2, 0.25) is 7.98 Å². The molecule has 80 valence electrons. The number of amides is 2. The van der Waals surface area contributed by atoms with E-state index >= 15 is 0 Å². The van der Waals surface area contributed by atoms with Crippen LogP contribution in [0.25, 0.3) is 0 Å². The number of nitrogens with zero attached hydrogens (tertiary/aromatic N) is 2. The maximum absolute atomic E-state index is 11.7. The van der Waals surface area contributed by atoms with Gasteiger partial charge in [0.15, 0.2) is 5.11 Å². The third-order valence-electron chi connectivity index (χ3n) is 2.14. The number of carbonyl (C=O) groups excluding carboxylic acids is 2. The van der Waals surface area contributed by atoms with Crippen LogP contribution in [0.3, 0.4) is 0 Å². The first-order chi connectivity index (χ1) is 6.86. The van der Waals surface area contributed by atoms with Crippen LogP contribution in [0, 0.1) is 5.92 Å². The second-order valence-corrected chi connectivity index (χ2v) is 4.20. The molecule has 1 aliphatic rings. The summed E-state index contributed by atoms with van der Waals surface area (Å²) in [5.41, 5.74) is 0.198. The Morgan fingerprint density at radius 3 is 2.33 bits per heavy atom. The number of thiocarbonyl (C=S) groups is 1. The Balaban J connectivity index is 3.14. The lowest BCUT2D eigenvalue weighted by Gasteiger charge is -2.32. The highest BCUT2D eigenvalue weighted by Crippen LogP contribution is 2.15. The maximum atomic E-state index is 11.7. The molecule has 0 aromatic heterocycles. The van der Waals surface area contributed by atoms with Crippen LogP contribution in [0.5, 0.6) is 0 Å². The third-order valence-corrected chi connectivity index (χ3v) is 2.69. The zero-order valence-corrected chi connectivity index (χ0v) is 10.1. The molecule has 0 spiro atoms. The van der Waals surface area contributed by atoms with Crippen LogP contribution in [-0.4, -0.2) is 41.7 Å². The number of hydrogen-bond acceptors (Lipinski definition) is 3. The van der Waals surface area contributed by atoms with Gasteiger partial charge in [-0.25, -0.2) is 0 Å². The van der Waals surface area contributed by atoms with Gasteiger partial charge in [0.1, 0.15) is 5.57 Å². The Bertz CT molecular complexity index is 339. The molecule has 15 heavy (non-hydrogen) atoms. The summed E-state index contributed by atoms with van der Waals surface area (Å²) in [6.07, 6.45) is 1.67. The number of carbonyl (C=O) groups is 2. The largest absolute Gasteiger partial charge is 0.338 e. The summed E-state index contributed by atoms with van der Waals surface area (Å²) in [6, 6.07) is 0.